The van der Waals surface area contributed by atoms with Crippen molar-refractivity contribution in [1.82, 2.24) is 10.3 Å². The summed E-state index contributed by atoms with van der Waals surface area (Å²) in [7, 11) is 0. The second-order valence-corrected chi connectivity index (χ2v) is 4.47. The fraction of sp³-hybridized carbons (Fsp3) is 0.462. The summed E-state index contributed by atoms with van der Waals surface area (Å²) in [6.07, 6.45) is 2.95. The SMILES string of the molecule is CCCC(=O)Nc1ccc(N2CCNC(=O)C2)nc1. The Bertz CT molecular complexity index is 458. The lowest BCUT2D eigenvalue weighted by Crippen LogP contribution is -2.48. The molecule has 0 atom stereocenters. The molecule has 2 N–H and O–H groups in total. The first-order chi connectivity index (χ1) is 9.19. The van der Waals surface area contributed by atoms with Crippen LogP contribution in [0.2, 0.25) is 0 Å². The van der Waals surface area contributed by atoms with Crippen LogP contribution in [-0.4, -0.2) is 36.4 Å². The van der Waals surface area contributed by atoms with Gasteiger partial charge in [-0.05, 0) is 18.6 Å². The highest BCUT2D eigenvalue weighted by molar-refractivity contribution is 5.90. The lowest BCUT2D eigenvalue weighted by atomic mass is 10.3. The Morgan fingerprint density at radius 2 is 2.37 bits per heavy atom. The van der Waals surface area contributed by atoms with Gasteiger partial charge in [-0.15, -0.1) is 0 Å². The van der Waals surface area contributed by atoms with E-state index in [4.69, 9.17) is 0 Å². The Hall–Kier alpha value is -2.11. The number of hydrogen-bond acceptors (Lipinski definition) is 4. The first-order valence-electron chi connectivity index (χ1n) is 6.46. The van der Waals surface area contributed by atoms with Crippen molar-refractivity contribution in [2.45, 2.75) is 19.8 Å². The lowest BCUT2D eigenvalue weighted by molar-refractivity contribution is -0.120. The van der Waals surface area contributed by atoms with Gasteiger partial charge in [-0.3, -0.25) is 9.59 Å². The number of nitrogens with zero attached hydrogens (tertiary/aromatic N) is 2. The zero-order valence-corrected chi connectivity index (χ0v) is 11.0. The van der Waals surface area contributed by atoms with E-state index >= 15 is 0 Å². The summed E-state index contributed by atoms with van der Waals surface area (Å²) in [5.41, 5.74) is 0.684. The van der Waals surface area contributed by atoms with Crippen molar-refractivity contribution in [2.24, 2.45) is 0 Å². The van der Waals surface area contributed by atoms with Gasteiger partial charge in [0.2, 0.25) is 11.8 Å². The van der Waals surface area contributed by atoms with Gasteiger partial charge in [0.25, 0.3) is 0 Å². The molecule has 2 amide bonds. The van der Waals surface area contributed by atoms with Gasteiger partial charge in [-0.1, -0.05) is 6.92 Å². The van der Waals surface area contributed by atoms with E-state index in [1.165, 1.54) is 0 Å². The average Bonchev–Trinajstić information content (AvgIpc) is 2.40. The van der Waals surface area contributed by atoms with E-state index in [-0.39, 0.29) is 11.8 Å². The molecule has 1 aliphatic rings. The third kappa shape index (κ3) is 3.67. The molecule has 0 aromatic carbocycles. The van der Waals surface area contributed by atoms with Crippen molar-refractivity contribution >= 4 is 23.3 Å². The minimum atomic E-state index is -0.00518. The maximum absolute atomic E-state index is 11.4. The molecule has 0 unspecified atom stereocenters. The largest absolute Gasteiger partial charge is 0.353 e. The van der Waals surface area contributed by atoms with Gasteiger partial charge in [0.05, 0.1) is 18.4 Å². The Kier molecular flexibility index (Phi) is 4.33. The average molecular weight is 262 g/mol. The van der Waals surface area contributed by atoms with Crippen LogP contribution in [0.1, 0.15) is 19.8 Å². The van der Waals surface area contributed by atoms with Crippen molar-refractivity contribution in [1.29, 1.82) is 0 Å². The van der Waals surface area contributed by atoms with Gasteiger partial charge < -0.3 is 15.5 Å². The fourth-order valence-electron chi connectivity index (χ4n) is 1.93. The molecule has 0 spiro atoms. The molecule has 6 nitrogen and oxygen atoms in total. The van der Waals surface area contributed by atoms with E-state index in [1.807, 2.05) is 24.0 Å². The van der Waals surface area contributed by atoms with Gasteiger partial charge in [-0.2, -0.15) is 0 Å². The molecule has 2 rings (SSSR count). The maximum atomic E-state index is 11.4. The molecule has 1 aromatic heterocycles. The number of aromatic nitrogens is 1. The van der Waals surface area contributed by atoms with Crippen LogP contribution in [0.3, 0.4) is 0 Å². The first-order valence-corrected chi connectivity index (χ1v) is 6.46. The summed E-state index contributed by atoms with van der Waals surface area (Å²) >= 11 is 0. The van der Waals surface area contributed by atoms with Gasteiger partial charge >= 0.3 is 0 Å². The van der Waals surface area contributed by atoms with Crippen LogP contribution < -0.4 is 15.5 Å². The molecule has 6 heteroatoms. The number of rotatable bonds is 4. The van der Waals surface area contributed by atoms with Crippen LogP contribution >= 0.6 is 0 Å². The van der Waals surface area contributed by atoms with E-state index in [9.17, 15) is 9.59 Å². The van der Waals surface area contributed by atoms with Crippen LogP contribution in [0.5, 0.6) is 0 Å². The number of hydrogen-bond donors (Lipinski definition) is 2. The molecule has 0 saturated carbocycles. The highest BCUT2D eigenvalue weighted by Gasteiger charge is 2.17. The summed E-state index contributed by atoms with van der Waals surface area (Å²) in [6.45, 7) is 3.67. The molecule has 2 heterocycles. The van der Waals surface area contributed by atoms with Crippen LogP contribution in [0.25, 0.3) is 0 Å². The second kappa shape index (κ2) is 6.17. The van der Waals surface area contributed by atoms with Gasteiger partial charge in [0.15, 0.2) is 0 Å². The number of piperazine rings is 1. The molecule has 102 valence electrons. The standard InChI is InChI=1S/C13H18N4O2/c1-2-3-12(18)16-10-4-5-11(15-8-10)17-7-6-14-13(19)9-17/h4-5,8H,2-3,6-7,9H2,1H3,(H,14,19)(H,16,18). The van der Waals surface area contributed by atoms with E-state index in [1.54, 1.807) is 6.20 Å². The van der Waals surface area contributed by atoms with E-state index < -0.39 is 0 Å². The first kappa shape index (κ1) is 13.3. The lowest BCUT2D eigenvalue weighted by Gasteiger charge is -2.27. The Balaban J connectivity index is 1.97. The van der Waals surface area contributed by atoms with Crippen molar-refractivity contribution in [3.63, 3.8) is 0 Å². The summed E-state index contributed by atoms with van der Waals surface area (Å²) < 4.78 is 0. The monoisotopic (exact) mass is 262 g/mol. The number of amides is 2. The molecular weight excluding hydrogens is 244 g/mol. The van der Waals surface area contributed by atoms with Crippen LogP contribution in [0, 0.1) is 0 Å². The zero-order chi connectivity index (χ0) is 13.7. The quantitative estimate of drug-likeness (QED) is 0.840. The minimum Gasteiger partial charge on any atom is -0.353 e. The van der Waals surface area contributed by atoms with Crippen LogP contribution in [0.15, 0.2) is 18.3 Å². The van der Waals surface area contributed by atoms with Crippen molar-refractivity contribution in [3.8, 4) is 0 Å². The number of pyridine rings is 1. The topological polar surface area (TPSA) is 74.3 Å². The van der Waals surface area contributed by atoms with Crippen LogP contribution in [-0.2, 0) is 9.59 Å². The summed E-state index contributed by atoms with van der Waals surface area (Å²) in [6, 6.07) is 3.63. The third-order valence-electron chi connectivity index (χ3n) is 2.87. The molecule has 1 fully saturated rings. The fourth-order valence-corrected chi connectivity index (χ4v) is 1.93. The molecule has 19 heavy (non-hydrogen) atoms. The second-order valence-electron chi connectivity index (χ2n) is 4.47. The molecule has 0 aliphatic carbocycles. The Labute approximate surface area is 112 Å². The molecular formula is C13H18N4O2. The van der Waals surface area contributed by atoms with E-state index in [0.29, 0.717) is 25.2 Å². The molecule has 0 radical (unpaired) electrons. The number of anilines is 2. The third-order valence-corrected chi connectivity index (χ3v) is 2.87. The minimum absolute atomic E-state index is 0.00518. The smallest absolute Gasteiger partial charge is 0.239 e. The predicted molar refractivity (Wildman–Crippen MR) is 73.0 cm³/mol. The van der Waals surface area contributed by atoms with Gasteiger partial charge in [0, 0.05) is 19.5 Å². The van der Waals surface area contributed by atoms with Crippen LogP contribution in [0.4, 0.5) is 11.5 Å². The van der Waals surface area contributed by atoms with Gasteiger partial charge in [-0.25, -0.2) is 4.98 Å². The molecule has 0 bridgehead atoms. The zero-order valence-electron chi connectivity index (χ0n) is 11.0. The highest BCUT2D eigenvalue weighted by atomic mass is 16.2. The summed E-state index contributed by atoms with van der Waals surface area (Å²) in [4.78, 5) is 28.9. The summed E-state index contributed by atoms with van der Waals surface area (Å²) in [5, 5.41) is 5.55. The number of carbonyl (C=O) groups excluding carboxylic acids is 2. The Morgan fingerprint density at radius 1 is 1.53 bits per heavy atom. The van der Waals surface area contributed by atoms with Crippen molar-refractivity contribution < 1.29 is 9.59 Å². The highest BCUT2D eigenvalue weighted by Crippen LogP contribution is 2.15. The van der Waals surface area contributed by atoms with Gasteiger partial charge in [0.1, 0.15) is 5.82 Å². The summed E-state index contributed by atoms with van der Waals surface area (Å²) in [5.74, 6) is 0.756. The predicted octanol–water partition coefficient (Wildman–Crippen LogP) is 0.756. The Morgan fingerprint density at radius 3 is 3.00 bits per heavy atom. The van der Waals surface area contributed by atoms with E-state index in [2.05, 4.69) is 15.6 Å². The molecule has 1 saturated heterocycles. The normalized spacial score (nSPS) is 15.0. The molecule has 1 aliphatic heterocycles. The van der Waals surface area contributed by atoms with E-state index in [0.717, 1.165) is 18.8 Å². The van der Waals surface area contributed by atoms with Crippen molar-refractivity contribution in [2.75, 3.05) is 29.9 Å². The molecule has 1 aromatic rings. The maximum Gasteiger partial charge on any atom is 0.239 e. The number of carbonyl (C=O) groups is 2. The number of nitrogens with one attached hydrogen (secondary N) is 2. The van der Waals surface area contributed by atoms with Crippen molar-refractivity contribution in [3.05, 3.63) is 18.3 Å².